The number of hydrogen-bond acceptors (Lipinski definition) is 6. The van der Waals surface area contributed by atoms with E-state index < -0.39 is 0 Å². The van der Waals surface area contributed by atoms with Crippen LogP contribution in [0.2, 0.25) is 0 Å². The predicted octanol–water partition coefficient (Wildman–Crippen LogP) is 4.16. The predicted molar refractivity (Wildman–Crippen MR) is 105 cm³/mol. The van der Waals surface area contributed by atoms with Gasteiger partial charge in [0.2, 0.25) is 5.89 Å². The van der Waals surface area contributed by atoms with Gasteiger partial charge in [-0.1, -0.05) is 6.07 Å². The first-order chi connectivity index (χ1) is 13.7. The van der Waals surface area contributed by atoms with Gasteiger partial charge in [0.25, 0.3) is 5.91 Å². The highest BCUT2D eigenvalue weighted by molar-refractivity contribution is 6.06. The Morgan fingerprint density at radius 2 is 1.96 bits per heavy atom. The van der Waals surface area contributed by atoms with Crippen molar-refractivity contribution < 1.29 is 18.7 Å². The number of oxazole rings is 1. The van der Waals surface area contributed by atoms with E-state index in [4.69, 9.17) is 13.9 Å². The number of anilines is 1. The zero-order valence-electron chi connectivity index (χ0n) is 15.3. The normalized spacial score (nSPS) is 10.6. The Morgan fingerprint density at radius 1 is 1.07 bits per heavy atom. The summed E-state index contributed by atoms with van der Waals surface area (Å²) in [5.41, 5.74) is 3.09. The summed E-state index contributed by atoms with van der Waals surface area (Å²) in [7, 11) is 3.07. The molecule has 4 aromatic rings. The summed E-state index contributed by atoms with van der Waals surface area (Å²) in [4.78, 5) is 21.2. The summed E-state index contributed by atoms with van der Waals surface area (Å²) in [6.45, 7) is 0. The molecule has 2 aromatic heterocycles. The minimum atomic E-state index is -0.293. The average Bonchev–Trinajstić information content (AvgIpc) is 3.17. The summed E-state index contributed by atoms with van der Waals surface area (Å²) in [5.74, 6) is 1.21. The molecule has 2 aromatic carbocycles. The Hall–Kier alpha value is -3.87. The van der Waals surface area contributed by atoms with Gasteiger partial charge < -0.3 is 19.2 Å². The van der Waals surface area contributed by atoms with Crippen LogP contribution >= 0.6 is 0 Å². The molecule has 4 rings (SSSR count). The number of nitrogens with zero attached hydrogens (tertiary/aromatic N) is 2. The van der Waals surface area contributed by atoms with Gasteiger partial charge in [-0.05, 0) is 30.3 Å². The van der Waals surface area contributed by atoms with Crippen molar-refractivity contribution in [2.24, 2.45) is 0 Å². The Labute approximate surface area is 160 Å². The molecule has 28 heavy (non-hydrogen) atoms. The van der Waals surface area contributed by atoms with Gasteiger partial charge in [-0.3, -0.25) is 9.78 Å². The molecule has 0 aliphatic rings. The van der Waals surface area contributed by atoms with Gasteiger partial charge in [-0.25, -0.2) is 4.98 Å². The van der Waals surface area contributed by atoms with Gasteiger partial charge in [0.1, 0.15) is 17.0 Å². The number of amides is 1. The van der Waals surface area contributed by atoms with Crippen LogP contribution in [0, 0.1) is 0 Å². The number of pyridine rings is 1. The summed E-state index contributed by atoms with van der Waals surface area (Å²) >= 11 is 0. The van der Waals surface area contributed by atoms with Gasteiger partial charge in [0.05, 0.1) is 26.0 Å². The molecule has 7 nitrogen and oxygen atoms in total. The van der Waals surface area contributed by atoms with Crippen molar-refractivity contribution in [3.63, 3.8) is 0 Å². The van der Waals surface area contributed by atoms with Crippen LogP contribution in [0.1, 0.15) is 10.4 Å². The maximum absolute atomic E-state index is 12.7. The van der Waals surface area contributed by atoms with E-state index in [9.17, 15) is 4.79 Å². The van der Waals surface area contributed by atoms with Gasteiger partial charge in [0, 0.05) is 29.6 Å². The number of fused-ring (bicyclic) bond motifs is 1. The van der Waals surface area contributed by atoms with Gasteiger partial charge >= 0.3 is 0 Å². The van der Waals surface area contributed by atoms with Crippen molar-refractivity contribution in [3.8, 4) is 23.0 Å². The molecule has 0 saturated carbocycles. The second-order valence-electron chi connectivity index (χ2n) is 5.96. The molecule has 0 fully saturated rings. The van der Waals surface area contributed by atoms with E-state index in [-0.39, 0.29) is 5.91 Å². The summed E-state index contributed by atoms with van der Waals surface area (Å²) in [5, 5.41) is 2.87. The quantitative estimate of drug-likeness (QED) is 0.564. The van der Waals surface area contributed by atoms with E-state index in [1.807, 2.05) is 12.1 Å². The van der Waals surface area contributed by atoms with Crippen molar-refractivity contribution in [2.75, 3.05) is 19.5 Å². The molecular weight excluding hydrogens is 358 g/mol. The maximum atomic E-state index is 12.7. The van der Waals surface area contributed by atoms with Crippen molar-refractivity contribution in [3.05, 3.63) is 66.5 Å². The number of aromatic nitrogens is 2. The number of benzene rings is 2. The topological polar surface area (TPSA) is 86.5 Å². The van der Waals surface area contributed by atoms with E-state index in [2.05, 4.69) is 15.3 Å². The van der Waals surface area contributed by atoms with Crippen LogP contribution in [0.5, 0.6) is 11.5 Å². The highest BCUT2D eigenvalue weighted by atomic mass is 16.5. The maximum Gasteiger partial charge on any atom is 0.259 e. The molecular formula is C21H17N3O4. The number of nitrogens with one attached hydrogen (secondary N) is 1. The minimum Gasteiger partial charge on any atom is -0.497 e. The Morgan fingerprint density at radius 3 is 2.75 bits per heavy atom. The summed E-state index contributed by atoms with van der Waals surface area (Å²) < 4.78 is 16.2. The van der Waals surface area contributed by atoms with Crippen LogP contribution in [0.4, 0.5) is 5.69 Å². The van der Waals surface area contributed by atoms with Crippen LogP contribution in [0.3, 0.4) is 0 Å². The summed E-state index contributed by atoms with van der Waals surface area (Å²) in [6, 6.07) is 14.1. The molecule has 0 saturated heterocycles. The molecule has 0 aliphatic carbocycles. The zero-order chi connectivity index (χ0) is 19.5. The van der Waals surface area contributed by atoms with Crippen LogP contribution in [0.15, 0.2) is 65.3 Å². The number of methoxy groups -OCH3 is 2. The Kier molecular flexibility index (Phi) is 4.63. The van der Waals surface area contributed by atoms with E-state index in [0.29, 0.717) is 39.7 Å². The van der Waals surface area contributed by atoms with Crippen LogP contribution in [-0.2, 0) is 0 Å². The number of ether oxygens (including phenoxy) is 2. The Bertz CT molecular complexity index is 1120. The van der Waals surface area contributed by atoms with Crippen LogP contribution in [-0.4, -0.2) is 30.1 Å². The highest BCUT2D eigenvalue weighted by Gasteiger charge is 2.15. The first-order valence-corrected chi connectivity index (χ1v) is 8.52. The van der Waals surface area contributed by atoms with E-state index in [0.717, 1.165) is 5.56 Å². The number of hydrogen-bond donors (Lipinski definition) is 1. The first-order valence-electron chi connectivity index (χ1n) is 8.52. The van der Waals surface area contributed by atoms with E-state index in [1.54, 1.807) is 55.9 Å². The fourth-order valence-corrected chi connectivity index (χ4v) is 2.82. The van der Waals surface area contributed by atoms with Gasteiger partial charge in [0.15, 0.2) is 5.58 Å². The van der Waals surface area contributed by atoms with Gasteiger partial charge in [-0.2, -0.15) is 0 Å². The third kappa shape index (κ3) is 3.37. The molecule has 2 heterocycles. The fourth-order valence-electron chi connectivity index (χ4n) is 2.82. The lowest BCUT2D eigenvalue weighted by Gasteiger charge is -2.11. The SMILES string of the molecule is COc1ccc(C(=O)Nc2cccc(-c3nc4cnccc4o3)c2)c(OC)c1. The standard InChI is InChI=1S/C21H17N3O4/c1-26-15-6-7-16(19(11-15)27-2)20(25)23-14-5-3-4-13(10-14)21-24-17-12-22-9-8-18(17)28-21/h3-12H,1-2H3,(H,23,25). The number of carbonyl (C=O) groups excluding carboxylic acids is 1. The van der Waals surface area contributed by atoms with E-state index >= 15 is 0 Å². The first kappa shape index (κ1) is 17.5. The largest absolute Gasteiger partial charge is 0.497 e. The highest BCUT2D eigenvalue weighted by Crippen LogP contribution is 2.28. The zero-order valence-corrected chi connectivity index (χ0v) is 15.3. The minimum absolute atomic E-state index is 0.293. The lowest BCUT2D eigenvalue weighted by atomic mass is 10.1. The Balaban J connectivity index is 1.61. The number of rotatable bonds is 5. The molecule has 7 heteroatoms. The fraction of sp³-hybridized carbons (Fsp3) is 0.0952. The summed E-state index contributed by atoms with van der Waals surface area (Å²) in [6.07, 6.45) is 3.29. The molecule has 0 unspecified atom stereocenters. The third-order valence-corrected chi connectivity index (χ3v) is 4.21. The molecule has 1 N–H and O–H groups in total. The van der Waals surface area contributed by atoms with Crippen molar-refractivity contribution in [1.82, 2.24) is 9.97 Å². The smallest absolute Gasteiger partial charge is 0.259 e. The van der Waals surface area contributed by atoms with Gasteiger partial charge in [-0.15, -0.1) is 0 Å². The second kappa shape index (κ2) is 7.40. The lowest BCUT2D eigenvalue weighted by Crippen LogP contribution is -2.13. The second-order valence-corrected chi connectivity index (χ2v) is 5.96. The molecule has 140 valence electrons. The number of carbonyl (C=O) groups is 1. The molecule has 0 atom stereocenters. The lowest BCUT2D eigenvalue weighted by molar-refractivity contribution is 0.102. The van der Waals surface area contributed by atoms with Crippen molar-refractivity contribution in [2.45, 2.75) is 0 Å². The van der Waals surface area contributed by atoms with Crippen LogP contribution < -0.4 is 14.8 Å². The monoisotopic (exact) mass is 375 g/mol. The molecule has 0 spiro atoms. The van der Waals surface area contributed by atoms with E-state index in [1.165, 1.54) is 7.11 Å². The van der Waals surface area contributed by atoms with Crippen LogP contribution in [0.25, 0.3) is 22.6 Å². The molecule has 1 amide bonds. The average molecular weight is 375 g/mol. The third-order valence-electron chi connectivity index (χ3n) is 4.21. The molecule has 0 radical (unpaired) electrons. The molecule has 0 bridgehead atoms. The van der Waals surface area contributed by atoms with Crippen molar-refractivity contribution >= 4 is 22.7 Å². The van der Waals surface area contributed by atoms with Crippen molar-refractivity contribution in [1.29, 1.82) is 0 Å². The molecule has 0 aliphatic heterocycles.